The molecular weight excluding hydrogens is 352 g/mol. The first-order valence-electron chi connectivity index (χ1n) is 8.17. The molecule has 2 aliphatic rings. The third kappa shape index (κ3) is 1.83. The first kappa shape index (κ1) is 15.7. The van der Waals surface area contributed by atoms with Gasteiger partial charge in [-0.05, 0) is 40.6 Å². The van der Waals surface area contributed by atoms with Gasteiger partial charge >= 0.3 is 5.97 Å². The van der Waals surface area contributed by atoms with Crippen molar-refractivity contribution >= 4 is 39.4 Å². The number of phenols is 2. The maximum atomic E-state index is 12.3. The molecule has 27 heavy (non-hydrogen) atoms. The lowest BCUT2D eigenvalue weighted by Crippen LogP contribution is -2.36. The van der Waals surface area contributed by atoms with Crippen molar-refractivity contribution in [2.45, 2.75) is 12.2 Å². The number of hydrogen-bond acceptors (Lipinski definition) is 6. The van der Waals surface area contributed by atoms with Gasteiger partial charge in [-0.25, -0.2) is 4.79 Å². The van der Waals surface area contributed by atoms with Crippen LogP contribution in [0.2, 0.25) is 0 Å². The van der Waals surface area contributed by atoms with E-state index in [-0.39, 0.29) is 34.2 Å². The van der Waals surface area contributed by atoms with Gasteiger partial charge in [0.15, 0.2) is 17.3 Å². The smallest absolute Gasteiger partial charge is 0.348 e. The molecule has 7 nitrogen and oxygen atoms in total. The number of ether oxygens (including phenoxy) is 1. The summed E-state index contributed by atoms with van der Waals surface area (Å²) in [4.78, 5) is 23.9. The van der Waals surface area contributed by atoms with Crippen LogP contribution < -0.4 is 4.74 Å². The number of phenolic OH excluding ortho intramolecular Hbond substituents is 2. The predicted molar refractivity (Wildman–Crippen MR) is 95.2 cm³/mol. The molecule has 0 aromatic heterocycles. The number of carboxylic acids is 1. The Bertz CT molecular complexity index is 1240. The third-order valence-corrected chi connectivity index (χ3v) is 5.16. The number of hydrogen-bond donors (Lipinski definition) is 4. The summed E-state index contributed by atoms with van der Waals surface area (Å²) in [5.41, 5.74) is 0.776. The fourth-order valence-corrected chi connectivity index (χ4v) is 4.05. The monoisotopic (exact) mass is 364 g/mol. The molecule has 5 rings (SSSR count). The standard InChI is InChI=1S/C20H12O7/c21-10-4-1-7-8-2-6-12(23)18-15(8)14(17(24)19(27-18)20(25)26)9-3-5-11(22)16(10)13(7)9/h1-6,17,19,21,23-24H,(H,25,26)/t17-,19-/m1/s1. The van der Waals surface area contributed by atoms with E-state index in [0.717, 1.165) is 0 Å². The van der Waals surface area contributed by atoms with Crippen LogP contribution in [0.15, 0.2) is 30.3 Å². The minimum Gasteiger partial charge on any atom is -0.507 e. The molecule has 2 atom stereocenters. The van der Waals surface area contributed by atoms with Crippen LogP contribution >= 0.6 is 0 Å². The molecule has 1 heterocycles. The number of ketones is 1. The van der Waals surface area contributed by atoms with Crippen LogP contribution in [-0.2, 0) is 4.79 Å². The largest absolute Gasteiger partial charge is 0.507 e. The van der Waals surface area contributed by atoms with E-state index in [4.69, 9.17) is 4.74 Å². The van der Waals surface area contributed by atoms with E-state index in [1.54, 1.807) is 12.1 Å². The highest BCUT2D eigenvalue weighted by Crippen LogP contribution is 2.51. The molecule has 3 aromatic carbocycles. The fraction of sp³-hybridized carbons (Fsp3) is 0.100. The Kier molecular flexibility index (Phi) is 2.89. The number of benzene rings is 3. The second-order valence-electron chi connectivity index (χ2n) is 6.57. The van der Waals surface area contributed by atoms with Gasteiger partial charge in [0.05, 0.1) is 5.56 Å². The first-order chi connectivity index (χ1) is 12.9. The van der Waals surface area contributed by atoms with E-state index in [0.29, 0.717) is 27.1 Å². The zero-order valence-corrected chi connectivity index (χ0v) is 13.6. The van der Waals surface area contributed by atoms with E-state index in [9.17, 15) is 30.0 Å². The van der Waals surface area contributed by atoms with Crippen molar-refractivity contribution < 1.29 is 34.8 Å². The summed E-state index contributed by atoms with van der Waals surface area (Å²) in [6.45, 7) is 0. The molecule has 4 N–H and O–H groups in total. The number of aromatic hydroxyl groups is 2. The SMILES string of the molecule is O=C1C=Cc2c3c4c(c(O)ccc4c4ccc(O)c1c24)O[C@@H](C(=O)O)[C@@H]3O. The summed E-state index contributed by atoms with van der Waals surface area (Å²) in [6.07, 6.45) is -0.381. The average molecular weight is 364 g/mol. The quantitative estimate of drug-likeness (QED) is 0.489. The first-order valence-corrected chi connectivity index (χ1v) is 8.17. The van der Waals surface area contributed by atoms with E-state index in [1.807, 2.05) is 0 Å². The van der Waals surface area contributed by atoms with Gasteiger partial charge in [0, 0.05) is 16.3 Å². The van der Waals surface area contributed by atoms with Crippen molar-refractivity contribution in [1.29, 1.82) is 0 Å². The Morgan fingerprint density at radius 3 is 2.33 bits per heavy atom. The number of aliphatic carboxylic acids is 1. The highest BCUT2D eigenvalue weighted by molar-refractivity contribution is 6.27. The Morgan fingerprint density at radius 2 is 1.63 bits per heavy atom. The molecule has 0 unspecified atom stereocenters. The number of carbonyl (C=O) groups is 2. The summed E-state index contributed by atoms with van der Waals surface area (Å²) < 4.78 is 5.41. The zero-order chi connectivity index (χ0) is 19.0. The van der Waals surface area contributed by atoms with Crippen LogP contribution in [-0.4, -0.2) is 38.3 Å². The summed E-state index contributed by atoms with van der Waals surface area (Å²) in [7, 11) is 0. The van der Waals surface area contributed by atoms with Crippen molar-refractivity contribution in [3.63, 3.8) is 0 Å². The van der Waals surface area contributed by atoms with E-state index in [1.165, 1.54) is 24.3 Å². The fourth-order valence-electron chi connectivity index (χ4n) is 4.05. The zero-order valence-electron chi connectivity index (χ0n) is 13.6. The van der Waals surface area contributed by atoms with Gasteiger partial charge in [0.25, 0.3) is 0 Å². The van der Waals surface area contributed by atoms with Gasteiger partial charge in [-0.2, -0.15) is 0 Å². The van der Waals surface area contributed by atoms with E-state index in [2.05, 4.69) is 0 Å². The van der Waals surface area contributed by atoms with Gasteiger partial charge in [0.1, 0.15) is 11.9 Å². The van der Waals surface area contributed by atoms with Gasteiger partial charge in [-0.1, -0.05) is 12.1 Å². The number of rotatable bonds is 1. The van der Waals surface area contributed by atoms with Crippen LogP contribution in [0, 0.1) is 0 Å². The molecule has 0 bridgehead atoms. The maximum absolute atomic E-state index is 12.3. The van der Waals surface area contributed by atoms with Crippen LogP contribution in [0.25, 0.3) is 27.6 Å². The van der Waals surface area contributed by atoms with Crippen molar-refractivity contribution in [3.8, 4) is 17.2 Å². The predicted octanol–water partition coefficient (Wildman–Crippen LogP) is 2.49. The normalized spacial score (nSPS) is 20.1. The van der Waals surface area contributed by atoms with Crippen LogP contribution in [0.5, 0.6) is 17.2 Å². The number of aliphatic hydroxyl groups excluding tert-OH is 1. The third-order valence-electron chi connectivity index (χ3n) is 5.16. The number of aliphatic hydroxyl groups is 1. The molecule has 134 valence electrons. The van der Waals surface area contributed by atoms with Crippen LogP contribution in [0.1, 0.15) is 27.6 Å². The van der Waals surface area contributed by atoms with E-state index >= 15 is 0 Å². The van der Waals surface area contributed by atoms with Gasteiger partial charge in [-0.3, -0.25) is 4.79 Å². The highest BCUT2D eigenvalue weighted by Gasteiger charge is 2.40. The van der Waals surface area contributed by atoms with Gasteiger partial charge in [-0.15, -0.1) is 0 Å². The van der Waals surface area contributed by atoms with Crippen molar-refractivity contribution in [2.75, 3.05) is 0 Å². The van der Waals surface area contributed by atoms with E-state index < -0.39 is 18.2 Å². The minimum absolute atomic E-state index is 0.0294. The molecule has 0 fully saturated rings. The highest BCUT2D eigenvalue weighted by atomic mass is 16.5. The summed E-state index contributed by atoms with van der Waals surface area (Å²) in [5.74, 6) is -2.24. The second-order valence-corrected chi connectivity index (χ2v) is 6.57. The molecule has 1 aliphatic heterocycles. The lowest BCUT2D eigenvalue weighted by Gasteiger charge is -2.32. The molecule has 0 spiro atoms. The number of allylic oxidation sites excluding steroid dienone is 1. The molecule has 3 aromatic rings. The topological polar surface area (TPSA) is 124 Å². The lowest BCUT2D eigenvalue weighted by atomic mass is 9.81. The Balaban J connectivity index is 2.07. The Labute approximate surface area is 151 Å². The second kappa shape index (κ2) is 4.99. The Morgan fingerprint density at radius 1 is 0.963 bits per heavy atom. The lowest BCUT2D eigenvalue weighted by molar-refractivity contribution is -0.151. The van der Waals surface area contributed by atoms with Crippen molar-refractivity contribution in [2.24, 2.45) is 0 Å². The molecule has 0 saturated heterocycles. The average Bonchev–Trinajstić information content (AvgIpc) is 2.63. The number of fused-ring (bicyclic) bond motifs is 2. The summed E-state index contributed by atoms with van der Waals surface area (Å²) in [5, 5.41) is 42.6. The van der Waals surface area contributed by atoms with Crippen LogP contribution in [0.4, 0.5) is 0 Å². The Hall–Kier alpha value is -3.58. The summed E-state index contributed by atoms with van der Waals surface area (Å²) >= 11 is 0. The number of carbonyl (C=O) groups excluding carboxylic acids is 1. The molecule has 0 saturated carbocycles. The van der Waals surface area contributed by atoms with Gasteiger partial charge in [0.2, 0.25) is 6.10 Å². The number of carboxylic acid groups (broad SMARTS) is 1. The molecule has 1 aliphatic carbocycles. The van der Waals surface area contributed by atoms with Crippen LogP contribution in [0.3, 0.4) is 0 Å². The molecule has 0 radical (unpaired) electrons. The van der Waals surface area contributed by atoms with Crippen molar-refractivity contribution in [1.82, 2.24) is 0 Å². The molecular formula is C20H12O7. The van der Waals surface area contributed by atoms with Crippen molar-refractivity contribution in [3.05, 3.63) is 47.0 Å². The maximum Gasteiger partial charge on any atom is 0.348 e. The van der Waals surface area contributed by atoms with Gasteiger partial charge < -0.3 is 25.2 Å². The summed E-state index contributed by atoms with van der Waals surface area (Å²) in [6, 6.07) is 6.03. The molecule has 0 amide bonds. The minimum atomic E-state index is -1.62. The molecule has 7 heteroatoms.